The largest absolute Gasteiger partial charge is 0.494 e. The third-order valence-electron chi connectivity index (χ3n) is 5.02. The van der Waals surface area contributed by atoms with E-state index in [4.69, 9.17) is 4.74 Å². The summed E-state index contributed by atoms with van der Waals surface area (Å²) in [7, 11) is 0. The van der Waals surface area contributed by atoms with Gasteiger partial charge >= 0.3 is 0 Å². The number of ether oxygens (including phenoxy) is 1. The van der Waals surface area contributed by atoms with Gasteiger partial charge in [0.1, 0.15) is 5.75 Å². The summed E-state index contributed by atoms with van der Waals surface area (Å²) >= 11 is 0. The lowest BCUT2D eigenvalue weighted by Crippen LogP contribution is -2.34. The van der Waals surface area contributed by atoms with Crippen LogP contribution in [-0.4, -0.2) is 37.4 Å². The van der Waals surface area contributed by atoms with Gasteiger partial charge in [-0.25, -0.2) is 0 Å². The first-order valence-corrected chi connectivity index (χ1v) is 11.3. The fourth-order valence-electron chi connectivity index (χ4n) is 3.09. The van der Waals surface area contributed by atoms with E-state index in [0.29, 0.717) is 42.1 Å². The van der Waals surface area contributed by atoms with Crippen molar-refractivity contribution in [2.75, 3.05) is 25.0 Å². The fraction of sp³-hybridized carbons (Fsp3) is 0.222. The molecule has 0 aromatic heterocycles. The lowest BCUT2D eigenvalue weighted by atomic mass is 10.1. The summed E-state index contributed by atoms with van der Waals surface area (Å²) in [5, 5.41) is 8.34. The van der Waals surface area contributed by atoms with Gasteiger partial charge in [0.2, 0.25) is 0 Å². The maximum Gasteiger partial charge on any atom is 0.255 e. The Morgan fingerprint density at radius 2 is 1.21 bits per heavy atom. The lowest BCUT2D eigenvalue weighted by Gasteiger charge is -2.09. The zero-order valence-corrected chi connectivity index (χ0v) is 19.2. The zero-order valence-electron chi connectivity index (χ0n) is 19.2. The summed E-state index contributed by atoms with van der Waals surface area (Å²) in [6.07, 6.45) is 2.05. The van der Waals surface area contributed by atoms with Gasteiger partial charge in [0, 0.05) is 35.5 Å². The maximum absolute atomic E-state index is 12.5. The van der Waals surface area contributed by atoms with Crippen molar-refractivity contribution < 1.29 is 19.1 Å². The van der Waals surface area contributed by atoms with Crippen LogP contribution in [0.2, 0.25) is 0 Å². The number of hydrogen-bond acceptors (Lipinski definition) is 4. The van der Waals surface area contributed by atoms with E-state index in [1.165, 1.54) is 0 Å². The van der Waals surface area contributed by atoms with Crippen LogP contribution in [0.15, 0.2) is 78.9 Å². The van der Waals surface area contributed by atoms with E-state index in [2.05, 4.69) is 22.9 Å². The molecule has 0 saturated carbocycles. The minimum absolute atomic E-state index is 0.186. The van der Waals surface area contributed by atoms with Crippen LogP contribution in [0.1, 0.15) is 50.8 Å². The summed E-state index contributed by atoms with van der Waals surface area (Å²) in [5.74, 6) is 0.0468. The number of anilines is 1. The molecule has 0 aliphatic carbocycles. The van der Waals surface area contributed by atoms with Crippen molar-refractivity contribution >= 4 is 23.4 Å². The highest BCUT2D eigenvalue weighted by molar-refractivity contribution is 6.04. The standard InChI is InChI=1S/C27H29N3O4/c1-2-3-19-34-24-15-11-22(12-16-24)27(33)30-23-13-9-21(10-14-23)26(32)29-18-17-28-25(31)20-7-5-4-6-8-20/h4-16H,2-3,17-19H2,1H3,(H,28,31)(H,29,32)(H,30,33). The molecule has 7 nitrogen and oxygen atoms in total. The van der Waals surface area contributed by atoms with Crippen LogP contribution < -0.4 is 20.7 Å². The molecule has 0 atom stereocenters. The third kappa shape index (κ3) is 7.48. The predicted octanol–water partition coefficient (Wildman–Crippen LogP) is 4.28. The van der Waals surface area contributed by atoms with E-state index < -0.39 is 0 Å². The molecule has 0 bridgehead atoms. The van der Waals surface area contributed by atoms with Crippen molar-refractivity contribution in [3.8, 4) is 5.75 Å². The Labute approximate surface area is 199 Å². The van der Waals surface area contributed by atoms with Crippen molar-refractivity contribution in [1.82, 2.24) is 10.6 Å². The second-order valence-electron chi connectivity index (χ2n) is 7.64. The zero-order chi connectivity index (χ0) is 24.2. The minimum Gasteiger partial charge on any atom is -0.494 e. The Kier molecular flexibility index (Phi) is 9.22. The summed E-state index contributed by atoms with van der Waals surface area (Å²) in [4.78, 5) is 36.8. The average molecular weight is 460 g/mol. The first kappa shape index (κ1) is 24.5. The molecule has 0 unspecified atom stereocenters. The van der Waals surface area contributed by atoms with E-state index in [1.807, 2.05) is 6.07 Å². The SMILES string of the molecule is CCCCOc1ccc(C(=O)Nc2ccc(C(=O)NCCNC(=O)c3ccccc3)cc2)cc1. The molecule has 3 aromatic carbocycles. The normalized spacial score (nSPS) is 10.3. The molecular weight excluding hydrogens is 430 g/mol. The molecule has 0 radical (unpaired) electrons. The molecule has 3 rings (SSSR count). The molecule has 0 heterocycles. The van der Waals surface area contributed by atoms with Gasteiger partial charge < -0.3 is 20.7 Å². The number of amides is 3. The van der Waals surface area contributed by atoms with E-state index in [0.717, 1.165) is 18.6 Å². The smallest absolute Gasteiger partial charge is 0.255 e. The number of unbranched alkanes of at least 4 members (excludes halogenated alkanes) is 1. The summed E-state index contributed by atoms with van der Waals surface area (Å²) in [5.41, 5.74) is 2.13. The number of carbonyl (C=O) groups is 3. The molecule has 0 spiro atoms. The van der Waals surface area contributed by atoms with Crippen LogP contribution in [0.25, 0.3) is 0 Å². The molecule has 3 aromatic rings. The molecule has 34 heavy (non-hydrogen) atoms. The van der Waals surface area contributed by atoms with Crippen molar-refractivity contribution in [3.05, 3.63) is 95.6 Å². The highest BCUT2D eigenvalue weighted by Gasteiger charge is 2.09. The van der Waals surface area contributed by atoms with Gasteiger partial charge in [-0.3, -0.25) is 14.4 Å². The summed E-state index contributed by atoms with van der Waals surface area (Å²) in [6.45, 7) is 3.37. The predicted molar refractivity (Wildman–Crippen MR) is 132 cm³/mol. The Morgan fingerprint density at radius 3 is 1.79 bits per heavy atom. The second-order valence-corrected chi connectivity index (χ2v) is 7.64. The number of benzene rings is 3. The van der Waals surface area contributed by atoms with Crippen LogP contribution in [-0.2, 0) is 0 Å². The van der Waals surface area contributed by atoms with Gasteiger partial charge in [-0.1, -0.05) is 31.5 Å². The van der Waals surface area contributed by atoms with Crippen molar-refractivity contribution in [2.45, 2.75) is 19.8 Å². The van der Waals surface area contributed by atoms with Gasteiger partial charge in [0.25, 0.3) is 17.7 Å². The number of hydrogen-bond donors (Lipinski definition) is 3. The van der Waals surface area contributed by atoms with Crippen molar-refractivity contribution in [3.63, 3.8) is 0 Å². The molecule has 0 aliphatic rings. The van der Waals surface area contributed by atoms with Crippen LogP contribution in [0.5, 0.6) is 5.75 Å². The molecule has 7 heteroatoms. The molecule has 0 fully saturated rings. The topological polar surface area (TPSA) is 96.5 Å². The fourth-order valence-corrected chi connectivity index (χ4v) is 3.09. The molecular formula is C27H29N3O4. The first-order chi connectivity index (χ1) is 16.6. The molecule has 176 valence electrons. The lowest BCUT2D eigenvalue weighted by molar-refractivity contribution is 0.0927. The maximum atomic E-state index is 12.5. The Balaban J connectivity index is 1.42. The van der Waals surface area contributed by atoms with Crippen LogP contribution in [0.3, 0.4) is 0 Å². The van der Waals surface area contributed by atoms with Gasteiger partial charge in [0.05, 0.1) is 6.61 Å². The first-order valence-electron chi connectivity index (χ1n) is 11.3. The van der Waals surface area contributed by atoms with Crippen LogP contribution >= 0.6 is 0 Å². The molecule has 0 aliphatic heterocycles. The number of carbonyl (C=O) groups excluding carboxylic acids is 3. The van der Waals surface area contributed by atoms with Crippen LogP contribution in [0.4, 0.5) is 5.69 Å². The van der Waals surface area contributed by atoms with Gasteiger partial charge in [-0.15, -0.1) is 0 Å². The molecule has 3 N–H and O–H groups in total. The Bertz CT molecular complexity index is 1080. The average Bonchev–Trinajstić information content (AvgIpc) is 2.88. The van der Waals surface area contributed by atoms with Crippen molar-refractivity contribution in [1.29, 1.82) is 0 Å². The summed E-state index contributed by atoms with van der Waals surface area (Å²) < 4.78 is 5.61. The molecule has 3 amide bonds. The summed E-state index contributed by atoms with van der Waals surface area (Å²) in [6, 6.07) is 22.5. The number of nitrogens with one attached hydrogen (secondary N) is 3. The van der Waals surface area contributed by atoms with Crippen LogP contribution in [0, 0.1) is 0 Å². The molecule has 0 saturated heterocycles. The van der Waals surface area contributed by atoms with E-state index in [1.54, 1.807) is 72.8 Å². The van der Waals surface area contributed by atoms with Gasteiger partial charge in [-0.05, 0) is 67.1 Å². The highest BCUT2D eigenvalue weighted by atomic mass is 16.5. The second kappa shape index (κ2) is 12.8. The van der Waals surface area contributed by atoms with E-state index in [-0.39, 0.29) is 17.7 Å². The van der Waals surface area contributed by atoms with E-state index in [9.17, 15) is 14.4 Å². The highest BCUT2D eigenvalue weighted by Crippen LogP contribution is 2.15. The monoisotopic (exact) mass is 459 g/mol. The number of rotatable bonds is 11. The Hall–Kier alpha value is -4.13. The Morgan fingerprint density at radius 1 is 0.676 bits per heavy atom. The van der Waals surface area contributed by atoms with Crippen molar-refractivity contribution in [2.24, 2.45) is 0 Å². The third-order valence-corrected chi connectivity index (χ3v) is 5.02. The van der Waals surface area contributed by atoms with Gasteiger partial charge in [0.15, 0.2) is 0 Å². The van der Waals surface area contributed by atoms with E-state index >= 15 is 0 Å². The van der Waals surface area contributed by atoms with Gasteiger partial charge in [-0.2, -0.15) is 0 Å². The quantitative estimate of drug-likeness (QED) is 0.373. The minimum atomic E-state index is -0.259.